The maximum absolute atomic E-state index is 12.3. The zero-order chi connectivity index (χ0) is 12.7. The average molecular weight is 245 g/mol. The van der Waals surface area contributed by atoms with Crippen LogP contribution in [-0.2, 0) is 0 Å². The largest absolute Gasteiger partial charge is 0.314 e. The second kappa shape index (κ2) is 4.17. The van der Waals surface area contributed by atoms with E-state index in [4.69, 9.17) is 0 Å². The minimum atomic E-state index is -0.241. The van der Waals surface area contributed by atoms with Gasteiger partial charge in [0.15, 0.2) is 0 Å². The number of carbonyl (C=O) groups is 2. The van der Waals surface area contributed by atoms with Crippen molar-refractivity contribution in [3.05, 3.63) is 29.6 Å². The second-order valence-corrected chi connectivity index (χ2v) is 4.91. The van der Waals surface area contributed by atoms with Gasteiger partial charge in [-0.05, 0) is 38.4 Å². The molecule has 2 aliphatic rings. The van der Waals surface area contributed by atoms with Crippen molar-refractivity contribution in [1.29, 1.82) is 0 Å². The van der Waals surface area contributed by atoms with E-state index in [-0.39, 0.29) is 17.9 Å². The lowest BCUT2D eigenvalue weighted by atomic mass is 9.99. The van der Waals surface area contributed by atoms with Crippen LogP contribution >= 0.6 is 0 Å². The summed E-state index contributed by atoms with van der Waals surface area (Å²) in [5, 5.41) is 3.32. The molecule has 18 heavy (non-hydrogen) atoms. The van der Waals surface area contributed by atoms with Crippen LogP contribution in [0.1, 0.15) is 40.6 Å². The molecule has 2 amide bonds. The highest BCUT2D eigenvalue weighted by Gasteiger charge is 2.41. The third kappa shape index (κ3) is 1.62. The molecule has 3 rings (SSSR count). The number of nitrogens with zero attached hydrogens (tertiary/aromatic N) is 2. The molecule has 1 aromatic rings. The molecule has 2 aliphatic heterocycles. The van der Waals surface area contributed by atoms with Crippen LogP contribution in [0.3, 0.4) is 0 Å². The van der Waals surface area contributed by atoms with E-state index in [0.29, 0.717) is 17.3 Å². The zero-order valence-corrected chi connectivity index (χ0v) is 10.2. The van der Waals surface area contributed by atoms with E-state index in [1.165, 1.54) is 4.90 Å². The van der Waals surface area contributed by atoms with Gasteiger partial charge in [-0.25, -0.2) is 0 Å². The fraction of sp³-hybridized carbons (Fsp3) is 0.462. The molecule has 1 N–H and O–H groups in total. The number of hydrogen-bond acceptors (Lipinski definition) is 4. The van der Waals surface area contributed by atoms with Gasteiger partial charge < -0.3 is 5.32 Å². The molecule has 1 fully saturated rings. The SMILES string of the molecule is CC1CC(N2C(=O)c3cccnc3C2=O)CCN1. The Kier molecular flexibility index (Phi) is 2.63. The molecule has 94 valence electrons. The van der Waals surface area contributed by atoms with Crippen molar-refractivity contribution in [3.8, 4) is 0 Å². The van der Waals surface area contributed by atoms with Gasteiger partial charge in [0.05, 0.1) is 5.56 Å². The number of pyridine rings is 1. The third-order valence-electron chi connectivity index (χ3n) is 3.64. The number of piperidine rings is 1. The summed E-state index contributed by atoms with van der Waals surface area (Å²) in [4.78, 5) is 29.9. The van der Waals surface area contributed by atoms with Crippen LogP contribution in [0.15, 0.2) is 18.3 Å². The Balaban J connectivity index is 1.92. The Morgan fingerprint density at radius 2 is 2.22 bits per heavy atom. The van der Waals surface area contributed by atoms with Gasteiger partial charge in [0.2, 0.25) is 0 Å². The Labute approximate surface area is 105 Å². The lowest BCUT2D eigenvalue weighted by molar-refractivity contribution is 0.0540. The molecule has 2 unspecified atom stereocenters. The van der Waals surface area contributed by atoms with E-state index in [9.17, 15) is 9.59 Å². The Morgan fingerprint density at radius 1 is 1.39 bits per heavy atom. The van der Waals surface area contributed by atoms with Gasteiger partial charge in [0.25, 0.3) is 11.8 Å². The first-order valence-corrected chi connectivity index (χ1v) is 6.25. The normalized spacial score (nSPS) is 27.5. The standard InChI is InChI=1S/C13H15N3O2/c1-8-7-9(4-6-14-8)16-12(17)10-3-2-5-15-11(10)13(16)18/h2-3,5,8-9,14H,4,6-7H2,1H3. The number of aromatic nitrogens is 1. The molecule has 1 aromatic heterocycles. The van der Waals surface area contributed by atoms with Gasteiger partial charge in [0.1, 0.15) is 5.69 Å². The summed E-state index contributed by atoms with van der Waals surface area (Å²) in [7, 11) is 0. The van der Waals surface area contributed by atoms with Crippen LogP contribution in [0.4, 0.5) is 0 Å². The molecule has 0 saturated carbocycles. The first-order valence-electron chi connectivity index (χ1n) is 6.25. The van der Waals surface area contributed by atoms with Crippen molar-refractivity contribution in [1.82, 2.24) is 15.2 Å². The Bertz CT molecular complexity index is 480. The summed E-state index contributed by atoms with van der Waals surface area (Å²) in [6, 6.07) is 3.70. The molecule has 0 bridgehead atoms. The molecule has 1 saturated heterocycles. The lowest BCUT2D eigenvalue weighted by Crippen LogP contribution is -2.49. The van der Waals surface area contributed by atoms with E-state index < -0.39 is 0 Å². The van der Waals surface area contributed by atoms with E-state index in [2.05, 4.69) is 17.2 Å². The number of nitrogens with one attached hydrogen (secondary N) is 1. The number of imide groups is 1. The fourth-order valence-corrected chi connectivity index (χ4v) is 2.76. The number of amides is 2. The van der Waals surface area contributed by atoms with Crippen LogP contribution in [0.5, 0.6) is 0 Å². The highest BCUT2D eigenvalue weighted by molar-refractivity contribution is 6.20. The zero-order valence-electron chi connectivity index (χ0n) is 10.2. The van der Waals surface area contributed by atoms with Gasteiger partial charge in [0, 0.05) is 18.3 Å². The maximum Gasteiger partial charge on any atom is 0.280 e. The van der Waals surface area contributed by atoms with Gasteiger partial charge in [-0.15, -0.1) is 0 Å². The molecule has 5 heteroatoms. The van der Waals surface area contributed by atoms with Crippen LogP contribution < -0.4 is 5.32 Å². The molecule has 3 heterocycles. The van der Waals surface area contributed by atoms with E-state index in [0.717, 1.165) is 19.4 Å². The smallest absolute Gasteiger partial charge is 0.280 e. The fourth-order valence-electron chi connectivity index (χ4n) is 2.76. The maximum atomic E-state index is 12.3. The summed E-state index contributed by atoms with van der Waals surface area (Å²) in [5.41, 5.74) is 0.738. The molecule has 0 spiro atoms. The van der Waals surface area contributed by atoms with Crippen molar-refractivity contribution < 1.29 is 9.59 Å². The topological polar surface area (TPSA) is 62.3 Å². The summed E-state index contributed by atoms with van der Waals surface area (Å²) in [6.45, 7) is 2.91. The first kappa shape index (κ1) is 11.3. The Morgan fingerprint density at radius 3 is 2.94 bits per heavy atom. The second-order valence-electron chi connectivity index (χ2n) is 4.91. The predicted molar refractivity (Wildman–Crippen MR) is 65.2 cm³/mol. The van der Waals surface area contributed by atoms with Gasteiger partial charge >= 0.3 is 0 Å². The minimum Gasteiger partial charge on any atom is -0.314 e. The van der Waals surface area contributed by atoms with Crippen molar-refractivity contribution in [2.75, 3.05) is 6.54 Å². The first-order chi connectivity index (χ1) is 8.68. The van der Waals surface area contributed by atoms with Crippen molar-refractivity contribution in [2.45, 2.75) is 31.8 Å². The molecular weight excluding hydrogens is 230 g/mol. The van der Waals surface area contributed by atoms with Gasteiger partial charge in [-0.1, -0.05) is 0 Å². The van der Waals surface area contributed by atoms with Crippen molar-refractivity contribution >= 4 is 11.8 Å². The predicted octanol–water partition coefficient (Wildman–Crippen LogP) is 0.818. The quantitative estimate of drug-likeness (QED) is 0.744. The van der Waals surface area contributed by atoms with E-state index in [1.807, 2.05) is 0 Å². The molecule has 0 aromatic carbocycles. The number of rotatable bonds is 1. The summed E-state index contributed by atoms with van der Waals surface area (Å²) >= 11 is 0. The highest BCUT2D eigenvalue weighted by atomic mass is 16.2. The number of fused-ring (bicyclic) bond motifs is 1. The van der Waals surface area contributed by atoms with E-state index >= 15 is 0 Å². The molecule has 0 radical (unpaired) electrons. The van der Waals surface area contributed by atoms with Crippen LogP contribution in [-0.4, -0.2) is 40.3 Å². The molecule has 5 nitrogen and oxygen atoms in total. The highest BCUT2D eigenvalue weighted by Crippen LogP contribution is 2.26. The average Bonchev–Trinajstić information content (AvgIpc) is 2.63. The molecule has 0 aliphatic carbocycles. The van der Waals surface area contributed by atoms with Gasteiger partial charge in [-0.2, -0.15) is 0 Å². The van der Waals surface area contributed by atoms with Crippen LogP contribution in [0, 0.1) is 0 Å². The number of carbonyl (C=O) groups excluding carboxylic acids is 2. The van der Waals surface area contributed by atoms with Crippen molar-refractivity contribution in [3.63, 3.8) is 0 Å². The summed E-state index contributed by atoms with van der Waals surface area (Å²) in [6.07, 6.45) is 3.18. The molecule has 2 atom stereocenters. The minimum absolute atomic E-state index is 0.00421. The lowest BCUT2D eigenvalue weighted by Gasteiger charge is -2.33. The summed E-state index contributed by atoms with van der Waals surface area (Å²) < 4.78 is 0. The van der Waals surface area contributed by atoms with Crippen molar-refractivity contribution in [2.24, 2.45) is 0 Å². The summed E-state index contributed by atoms with van der Waals surface area (Å²) in [5.74, 6) is -0.433. The van der Waals surface area contributed by atoms with Crippen LogP contribution in [0.2, 0.25) is 0 Å². The molecular formula is C13H15N3O2. The Hall–Kier alpha value is -1.75. The monoisotopic (exact) mass is 245 g/mol. The van der Waals surface area contributed by atoms with Gasteiger partial charge in [-0.3, -0.25) is 19.5 Å². The third-order valence-corrected chi connectivity index (χ3v) is 3.64. The number of hydrogen-bond donors (Lipinski definition) is 1. The van der Waals surface area contributed by atoms with Crippen LogP contribution in [0.25, 0.3) is 0 Å². The van der Waals surface area contributed by atoms with E-state index in [1.54, 1.807) is 18.3 Å².